The summed E-state index contributed by atoms with van der Waals surface area (Å²) in [5.41, 5.74) is 0. The summed E-state index contributed by atoms with van der Waals surface area (Å²) >= 11 is 3.39. The lowest BCUT2D eigenvalue weighted by Crippen LogP contribution is -2.34. The number of nitrogens with one attached hydrogen (secondary N) is 2. The van der Waals surface area contributed by atoms with Gasteiger partial charge in [0.1, 0.15) is 5.82 Å². The van der Waals surface area contributed by atoms with E-state index in [1.165, 1.54) is 6.20 Å². The average Bonchev–Trinajstić information content (AvgIpc) is 2.49. The lowest BCUT2D eigenvalue weighted by Gasteiger charge is -2.14. The van der Waals surface area contributed by atoms with Crippen molar-refractivity contribution in [1.82, 2.24) is 14.7 Å². The molecule has 0 aliphatic rings. The van der Waals surface area contributed by atoms with E-state index in [2.05, 4.69) is 30.6 Å². The minimum absolute atomic E-state index is 0.110. The third-order valence-corrected chi connectivity index (χ3v) is 3.88. The predicted octanol–water partition coefficient (Wildman–Crippen LogP) is 1.56. The number of hydrogen-bond acceptors (Lipinski definition) is 3. The van der Waals surface area contributed by atoms with Gasteiger partial charge in [-0.1, -0.05) is 22.9 Å². The van der Waals surface area contributed by atoms with Crippen LogP contribution in [0.15, 0.2) is 11.2 Å². The maximum Gasteiger partial charge on any atom is 0.257 e. The van der Waals surface area contributed by atoms with Crippen LogP contribution >= 0.6 is 15.9 Å². The van der Waals surface area contributed by atoms with Crippen molar-refractivity contribution in [2.75, 3.05) is 0 Å². The molecule has 5 nitrogen and oxygen atoms in total. The van der Waals surface area contributed by atoms with Crippen LogP contribution in [0.1, 0.15) is 26.1 Å². The van der Waals surface area contributed by atoms with E-state index in [1.807, 2.05) is 13.8 Å². The van der Waals surface area contributed by atoms with E-state index in [0.29, 0.717) is 5.82 Å². The van der Waals surface area contributed by atoms with Gasteiger partial charge in [-0.3, -0.25) is 0 Å². The Morgan fingerprint density at radius 2 is 2.19 bits per heavy atom. The van der Waals surface area contributed by atoms with E-state index < -0.39 is 10.0 Å². The summed E-state index contributed by atoms with van der Waals surface area (Å²) in [5.74, 6) is 0.585. The van der Waals surface area contributed by atoms with E-state index in [1.54, 1.807) is 6.92 Å². The van der Waals surface area contributed by atoms with Crippen LogP contribution in [-0.2, 0) is 10.0 Å². The van der Waals surface area contributed by atoms with Gasteiger partial charge in [0.15, 0.2) is 5.03 Å². The molecule has 0 bridgehead atoms. The largest absolute Gasteiger partial charge is 0.332 e. The van der Waals surface area contributed by atoms with Gasteiger partial charge in [-0.2, -0.15) is 0 Å². The minimum atomic E-state index is -3.47. The molecule has 0 aliphatic carbocycles. The molecule has 16 heavy (non-hydrogen) atoms. The Morgan fingerprint density at radius 1 is 1.56 bits per heavy atom. The lowest BCUT2D eigenvalue weighted by molar-refractivity contribution is 0.545. The standard InChI is InChI=1S/C9H16BrN3O2S/c1-6(10)4-7(2)13-16(14,15)9-5-11-8(3)12-9/h5-7,13H,4H2,1-3H3,(H,11,12). The fourth-order valence-electron chi connectivity index (χ4n) is 1.40. The maximum atomic E-state index is 11.8. The number of imidazole rings is 1. The molecular formula is C9H16BrN3O2S. The number of aryl methyl sites for hydroxylation is 1. The van der Waals surface area contributed by atoms with Crippen LogP contribution in [0.5, 0.6) is 0 Å². The van der Waals surface area contributed by atoms with Crippen molar-refractivity contribution in [3.8, 4) is 0 Å². The summed E-state index contributed by atoms with van der Waals surface area (Å²) in [5, 5.41) is 0.110. The molecule has 0 saturated heterocycles. The Balaban J connectivity index is 2.73. The van der Waals surface area contributed by atoms with Gasteiger partial charge < -0.3 is 4.98 Å². The third kappa shape index (κ3) is 3.88. The molecule has 0 aliphatic heterocycles. The fraction of sp³-hybridized carbons (Fsp3) is 0.667. The van der Waals surface area contributed by atoms with Crippen molar-refractivity contribution in [2.24, 2.45) is 0 Å². The van der Waals surface area contributed by atoms with Crippen molar-refractivity contribution in [1.29, 1.82) is 0 Å². The van der Waals surface area contributed by atoms with Gasteiger partial charge in [0.2, 0.25) is 0 Å². The van der Waals surface area contributed by atoms with E-state index in [0.717, 1.165) is 6.42 Å². The molecular weight excluding hydrogens is 294 g/mol. The Hall–Kier alpha value is -0.400. The summed E-state index contributed by atoms with van der Waals surface area (Å²) < 4.78 is 26.3. The maximum absolute atomic E-state index is 11.8. The zero-order valence-corrected chi connectivity index (χ0v) is 11.9. The third-order valence-electron chi connectivity index (χ3n) is 2.00. The van der Waals surface area contributed by atoms with Gasteiger partial charge in [-0.25, -0.2) is 18.1 Å². The normalized spacial score (nSPS) is 16.0. The molecule has 7 heteroatoms. The lowest BCUT2D eigenvalue weighted by atomic mass is 10.2. The molecule has 1 heterocycles. The smallest absolute Gasteiger partial charge is 0.257 e. The summed E-state index contributed by atoms with van der Waals surface area (Å²) in [6.07, 6.45) is 2.05. The van der Waals surface area contributed by atoms with Crippen LogP contribution in [0, 0.1) is 6.92 Å². The first-order valence-corrected chi connectivity index (χ1v) is 7.39. The molecule has 0 aromatic carbocycles. The number of aromatic amines is 1. The predicted molar refractivity (Wildman–Crippen MR) is 66.1 cm³/mol. The second-order valence-corrected chi connectivity index (χ2v) is 7.12. The minimum Gasteiger partial charge on any atom is -0.332 e. The number of sulfonamides is 1. The highest BCUT2D eigenvalue weighted by atomic mass is 79.9. The molecule has 0 radical (unpaired) electrons. The highest BCUT2D eigenvalue weighted by Gasteiger charge is 2.19. The van der Waals surface area contributed by atoms with Crippen molar-refractivity contribution < 1.29 is 8.42 Å². The molecule has 2 N–H and O–H groups in total. The number of halogens is 1. The molecule has 2 unspecified atom stereocenters. The number of aromatic nitrogens is 2. The molecule has 1 aromatic heterocycles. The van der Waals surface area contributed by atoms with Crippen LogP contribution < -0.4 is 4.72 Å². The van der Waals surface area contributed by atoms with Crippen LogP contribution in [0.25, 0.3) is 0 Å². The number of nitrogens with zero attached hydrogens (tertiary/aromatic N) is 1. The van der Waals surface area contributed by atoms with E-state index in [9.17, 15) is 8.42 Å². The van der Waals surface area contributed by atoms with Gasteiger partial charge in [0, 0.05) is 10.9 Å². The molecule has 92 valence electrons. The van der Waals surface area contributed by atoms with Gasteiger partial charge in [0.25, 0.3) is 10.0 Å². The van der Waals surface area contributed by atoms with Crippen molar-refractivity contribution in [2.45, 2.75) is 43.1 Å². The Bertz CT molecular complexity index is 441. The van der Waals surface area contributed by atoms with Crippen LogP contribution in [0.2, 0.25) is 0 Å². The molecule has 0 amide bonds. The number of hydrogen-bond donors (Lipinski definition) is 2. The fourth-order valence-corrected chi connectivity index (χ4v) is 3.19. The summed E-state index contributed by atoms with van der Waals surface area (Å²) in [6, 6.07) is -0.122. The molecule has 0 saturated carbocycles. The second-order valence-electron chi connectivity index (χ2n) is 3.87. The van der Waals surface area contributed by atoms with Crippen molar-refractivity contribution in [3.05, 3.63) is 12.0 Å². The second kappa shape index (κ2) is 5.29. The summed E-state index contributed by atoms with van der Waals surface area (Å²) in [6.45, 7) is 5.52. The number of rotatable bonds is 5. The Kier molecular flexibility index (Phi) is 4.52. The molecule has 1 rings (SSSR count). The van der Waals surface area contributed by atoms with Crippen molar-refractivity contribution in [3.63, 3.8) is 0 Å². The Morgan fingerprint density at radius 3 is 2.62 bits per heavy atom. The number of H-pyrrole nitrogens is 1. The zero-order chi connectivity index (χ0) is 12.3. The number of alkyl halides is 1. The van der Waals surface area contributed by atoms with E-state index >= 15 is 0 Å². The SMILES string of the molecule is Cc1ncc(S(=O)(=O)NC(C)CC(C)Br)[nH]1. The first-order valence-electron chi connectivity index (χ1n) is 4.99. The molecule has 0 spiro atoms. The van der Waals surface area contributed by atoms with Crippen molar-refractivity contribution >= 4 is 26.0 Å². The van der Waals surface area contributed by atoms with Crippen LogP contribution in [-0.4, -0.2) is 29.3 Å². The molecule has 1 aromatic rings. The first-order chi connectivity index (χ1) is 7.31. The highest BCUT2D eigenvalue weighted by molar-refractivity contribution is 9.09. The van der Waals surface area contributed by atoms with Gasteiger partial charge >= 0.3 is 0 Å². The molecule has 2 atom stereocenters. The monoisotopic (exact) mass is 309 g/mol. The average molecular weight is 310 g/mol. The van der Waals surface area contributed by atoms with Gasteiger partial charge in [-0.15, -0.1) is 0 Å². The van der Waals surface area contributed by atoms with Gasteiger partial charge in [-0.05, 0) is 20.3 Å². The van der Waals surface area contributed by atoms with E-state index in [4.69, 9.17) is 0 Å². The van der Waals surface area contributed by atoms with Crippen LogP contribution in [0.4, 0.5) is 0 Å². The van der Waals surface area contributed by atoms with Crippen LogP contribution in [0.3, 0.4) is 0 Å². The summed E-state index contributed by atoms with van der Waals surface area (Å²) in [4.78, 5) is 6.84. The summed E-state index contributed by atoms with van der Waals surface area (Å²) in [7, 11) is -3.47. The highest BCUT2D eigenvalue weighted by Crippen LogP contribution is 2.10. The van der Waals surface area contributed by atoms with Gasteiger partial charge in [0.05, 0.1) is 6.20 Å². The van der Waals surface area contributed by atoms with E-state index in [-0.39, 0.29) is 15.9 Å². The first kappa shape index (κ1) is 13.7. The molecule has 0 fully saturated rings. The Labute approximate surface area is 104 Å². The zero-order valence-electron chi connectivity index (χ0n) is 9.49. The topological polar surface area (TPSA) is 74.8 Å². The quantitative estimate of drug-likeness (QED) is 0.811.